The number of nitrogens with one attached hydrogen (secondary N) is 1. The summed E-state index contributed by atoms with van der Waals surface area (Å²) in [5.41, 5.74) is 0. The van der Waals surface area contributed by atoms with E-state index in [1.54, 1.807) is 18.3 Å². The number of hydrogen-bond donors (Lipinski definition) is 1. The molecule has 0 bridgehead atoms. The predicted octanol–water partition coefficient (Wildman–Crippen LogP) is 3.64. The van der Waals surface area contributed by atoms with Gasteiger partial charge in [0, 0.05) is 12.7 Å². The quantitative estimate of drug-likeness (QED) is 0.854. The molecule has 0 aliphatic rings. The second-order valence-corrected chi connectivity index (χ2v) is 5.05. The molecule has 0 fully saturated rings. The fourth-order valence-corrected chi connectivity index (χ4v) is 2.26. The molecule has 0 aromatic carbocycles. The van der Waals surface area contributed by atoms with E-state index in [1.807, 2.05) is 6.92 Å². The molecule has 0 unspecified atom stereocenters. The maximum Gasteiger partial charge on any atom is 0.223 e. The van der Waals surface area contributed by atoms with Crippen LogP contribution in [0, 0.1) is 5.82 Å². The van der Waals surface area contributed by atoms with Crippen molar-refractivity contribution in [3.63, 3.8) is 0 Å². The second kappa shape index (κ2) is 6.68. The third kappa shape index (κ3) is 3.78. The smallest absolute Gasteiger partial charge is 0.223 e. The summed E-state index contributed by atoms with van der Waals surface area (Å²) in [5, 5.41) is 4.19. The largest absolute Gasteiger partial charge is 0.354 e. The minimum Gasteiger partial charge on any atom is -0.354 e. The topological polar surface area (TPSA) is 50.7 Å². The summed E-state index contributed by atoms with van der Waals surface area (Å²) in [6.07, 6.45) is 3.68. The van der Waals surface area contributed by atoms with Crippen LogP contribution in [0.15, 0.2) is 34.6 Å². The number of anilines is 1. The molecule has 0 aliphatic carbocycles. The van der Waals surface area contributed by atoms with Gasteiger partial charge in [-0.1, -0.05) is 18.5 Å². The van der Waals surface area contributed by atoms with Gasteiger partial charge in [-0.05, 0) is 30.3 Å². The zero-order valence-electron chi connectivity index (χ0n) is 10.2. The summed E-state index contributed by atoms with van der Waals surface area (Å²) in [6.45, 7) is 2.76. The molecule has 4 nitrogen and oxygen atoms in total. The van der Waals surface area contributed by atoms with Crippen molar-refractivity contribution in [1.82, 2.24) is 15.0 Å². The SMILES string of the molecule is CCCNc1ncc(F)c(Sc2ncccc2Cl)n1. The molecule has 0 amide bonds. The molecule has 2 aromatic heterocycles. The van der Waals surface area contributed by atoms with Crippen molar-refractivity contribution in [3.05, 3.63) is 35.4 Å². The molecule has 100 valence electrons. The molecule has 0 atom stereocenters. The molecule has 7 heteroatoms. The van der Waals surface area contributed by atoms with Crippen molar-refractivity contribution >= 4 is 29.3 Å². The summed E-state index contributed by atoms with van der Waals surface area (Å²) in [7, 11) is 0. The minimum atomic E-state index is -0.492. The van der Waals surface area contributed by atoms with E-state index in [-0.39, 0.29) is 5.03 Å². The first-order chi connectivity index (χ1) is 9.20. The molecule has 0 saturated carbocycles. The van der Waals surface area contributed by atoms with Gasteiger partial charge in [-0.25, -0.2) is 19.3 Å². The van der Waals surface area contributed by atoms with Crippen molar-refractivity contribution in [2.45, 2.75) is 23.4 Å². The maximum absolute atomic E-state index is 13.7. The highest BCUT2D eigenvalue weighted by Gasteiger charge is 2.11. The number of nitrogens with zero attached hydrogens (tertiary/aromatic N) is 3. The number of pyridine rings is 1. The van der Waals surface area contributed by atoms with Crippen LogP contribution in [0.3, 0.4) is 0 Å². The zero-order chi connectivity index (χ0) is 13.7. The van der Waals surface area contributed by atoms with E-state index in [0.29, 0.717) is 16.0 Å². The van der Waals surface area contributed by atoms with E-state index in [2.05, 4.69) is 20.3 Å². The third-order valence-electron chi connectivity index (χ3n) is 2.16. The molecule has 0 aliphatic heterocycles. The molecule has 2 rings (SSSR count). The highest BCUT2D eigenvalue weighted by molar-refractivity contribution is 7.99. The number of rotatable bonds is 5. The summed E-state index contributed by atoms with van der Waals surface area (Å²) in [5.74, 6) is -0.0911. The monoisotopic (exact) mass is 298 g/mol. The summed E-state index contributed by atoms with van der Waals surface area (Å²) in [6, 6.07) is 3.42. The molecule has 1 N–H and O–H groups in total. The number of halogens is 2. The molecule has 2 heterocycles. The van der Waals surface area contributed by atoms with Crippen LogP contribution in [0.4, 0.5) is 10.3 Å². The molecular formula is C12H12ClFN4S. The lowest BCUT2D eigenvalue weighted by atomic mass is 10.5. The van der Waals surface area contributed by atoms with Crippen LogP contribution in [0.25, 0.3) is 0 Å². The van der Waals surface area contributed by atoms with Crippen LogP contribution in [-0.2, 0) is 0 Å². The Kier molecular flexibility index (Phi) is 4.93. The van der Waals surface area contributed by atoms with E-state index in [9.17, 15) is 4.39 Å². The number of hydrogen-bond acceptors (Lipinski definition) is 5. The average molecular weight is 299 g/mol. The first-order valence-corrected chi connectivity index (χ1v) is 6.95. The first-order valence-electron chi connectivity index (χ1n) is 5.75. The molecule has 0 spiro atoms. The van der Waals surface area contributed by atoms with Crippen LogP contribution < -0.4 is 5.32 Å². The van der Waals surface area contributed by atoms with E-state index in [0.717, 1.165) is 30.9 Å². The van der Waals surface area contributed by atoms with Gasteiger partial charge in [0.25, 0.3) is 0 Å². The van der Waals surface area contributed by atoms with Gasteiger partial charge < -0.3 is 5.32 Å². The Morgan fingerprint density at radius 1 is 1.37 bits per heavy atom. The minimum absolute atomic E-state index is 0.203. The molecule has 0 saturated heterocycles. The van der Waals surface area contributed by atoms with Gasteiger partial charge in [-0.15, -0.1) is 0 Å². The fraction of sp³-hybridized carbons (Fsp3) is 0.250. The van der Waals surface area contributed by atoms with Gasteiger partial charge >= 0.3 is 0 Å². The molecular weight excluding hydrogens is 287 g/mol. The summed E-state index contributed by atoms with van der Waals surface area (Å²) in [4.78, 5) is 12.1. The molecule has 2 aromatic rings. The standard InChI is InChI=1S/C12H12ClFN4S/c1-2-5-16-12-17-7-9(14)11(18-12)19-10-8(13)4-3-6-15-10/h3-4,6-7H,2,5H2,1H3,(H,16,17,18). The average Bonchev–Trinajstić information content (AvgIpc) is 2.42. The van der Waals surface area contributed by atoms with Gasteiger partial charge in [0.1, 0.15) is 10.1 Å². The Labute approximate surface area is 119 Å². The van der Waals surface area contributed by atoms with E-state index >= 15 is 0 Å². The predicted molar refractivity (Wildman–Crippen MR) is 74.1 cm³/mol. The van der Waals surface area contributed by atoms with Crippen LogP contribution >= 0.6 is 23.4 Å². The Morgan fingerprint density at radius 3 is 2.95 bits per heavy atom. The lowest BCUT2D eigenvalue weighted by Crippen LogP contribution is -2.05. The van der Waals surface area contributed by atoms with Crippen LogP contribution in [0.5, 0.6) is 0 Å². The van der Waals surface area contributed by atoms with Crippen LogP contribution in [0.2, 0.25) is 5.02 Å². The summed E-state index contributed by atoms with van der Waals surface area (Å²) >= 11 is 7.06. The van der Waals surface area contributed by atoms with Crippen LogP contribution in [-0.4, -0.2) is 21.5 Å². The van der Waals surface area contributed by atoms with E-state index in [1.165, 1.54) is 0 Å². The van der Waals surface area contributed by atoms with Gasteiger partial charge in [0.05, 0.1) is 11.2 Å². The van der Waals surface area contributed by atoms with Crippen molar-refractivity contribution in [2.24, 2.45) is 0 Å². The van der Waals surface area contributed by atoms with Gasteiger partial charge in [-0.3, -0.25) is 0 Å². The molecule has 0 radical (unpaired) electrons. The summed E-state index contributed by atoms with van der Waals surface area (Å²) < 4.78 is 13.7. The van der Waals surface area contributed by atoms with E-state index in [4.69, 9.17) is 11.6 Å². The third-order valence-corrected chi connectivity index (χ3v) is 3.58. The Morgan fingerprint density at radius 2 is 2.21 bits per heavy atom. The van der Waals surface area contributed by atoms with Gasteiger partial charge in [0.15, 0.2) is 5.82 Å². The maximum atomic E-state index is 13.7. The van der Waals surface area contributed by atoms with Crippen LogP contribution in [0.1, 0.15) is 13.3 Å². The zero-order valence-corrected chi connectivity index (χ0v) is 11.8. The fourth-order valence-electron chi connectivity index (χ4n) is 1.28. The molecule has 19 heavy (non-hydrogen) atoms. The van der Waals surface area contributed by atoms with Crippen molar-refractivity contribution in [1.29, 1.82) is 0 Å². The van der Waals surface area contributed by atoms with Crippen molar-refractivity contribution in [3.8, 4) is 0 Å². The van der Waals surface area contributed by atoms with Gasteiger partial charge in [0.2, 0.25) is 5.95 Å². The van der Waals surface area contributed by atoms with Gasteiger partial charge in [-0.2, -0.15) is 0 Å². The Bertz CT molecular complexity index is 567. The second-order valence-electron chi connectivity index (χ2n) is 3.67. The Hall–Kier alpha value is -1.40. The van der Waals surface area contributed by atoms with Crippen molar-refractivity contribution < 1.29 is 4.39 Å². The lowest BCUT2D eigenvalue weighted by Gasteiger charge is -2.06. The Balaban J connectivity index is 2.21. The first kappa shape index (κ1) is 14.0. The normalized spacial score (nSPS) is 10.5. The van der Waals surface area contributed by atoms with Crippen molar-refractivity contribution in [2.75, 3.05) is 11.9 Å². The highest BCUT2D eigenvalue weighted by Crippen LogP contribution is 2.31. The lowest BCUT2D eigenvalue weighted by molar-refractivity contribution is 0.579. The number of aromatic nitrogens is 3. The van der Waals surface area contributed by atoms with E-state index < -0.39 is 5.82 Å². The highest BCUT2D eigenvalue weighted by atomic mass is 35.5.